The zero-order valence-electron chi connectivity index (χ0n) is 15.9. The van der Waals surface area contributed by atoms with Crippen LogP contribution in [0.3, 0.4) is 0 Å². The summed E-state index contributed by atoms with van der Waals surface area (Å²) in [6.45, 7) is 0.993. The molecule has 31 heavy (non-hydrogen) atoms. The minimum Gasteiger partial charge on any atom is -0.485 e. The molecule has 0 bridgehead atoms. The van der Waals surface area contributed by atoms with Gasteiger partial charge in [-0.05, 0) is 34.7 Å². The first-order valence-electron chi connectivity index (χ1n) is 9.38. The van der Waals surface area contributed by atoms with E-state index in [1.165, 1.54) is 24.5 Å². The number of furan rings is 1. The first-order valence-corrected chi connectivity index (χ1v) is 9.38. The number of hydrogen-bond acceptors (Lipinski definition) is 7. The summed E-state index contributed by atoms with van der Waals surface area (Å²) in [6.07, 6.45) is 1.70. The summed E-state index contributed by atoms with van der Waals surface area (Å²) in [4.78, 5) is 12.7. The zero-order valence-corrected chi connectivity index (χ0v) is 15.9. The summed E-state index contributed by atoms with van der Waals surface area (Å²) < 4.78 is 45.1. The van der Waals surface area contributed by atoms with Crippen LogP contribution in [-0.4, -0.2) is 45.8 Å². The quantitative estimate of drug-likeness (QED) is 0.502. The van der Waals surface area contributed by atoms with Gasteiger partial charge in [0.1, 0.15) is 23.8 Å². The van der Waals surface area contributed by atoms with Crippen molar-refractivity contribution < 1.29 is 27.5 Å². The summed E-state index contributed by atoms with van der Waals surface area (Å²) >= 11 is 0. The average Bonchev–Trinajstić information content (AvgIpc) is 3.51. The summed E-state index contributed by atoms with van der Waals surface area (Å²) in [7, 11) is 0. The van der Waals surface area contributed by atoms with Gasteiger partial charge >= 0.3 is 0 Å². The number of nitrogens with one attached hydrogen (secondary N) is 2. The third kappa shape index (κ3) is 3.70. The van der Waals surface area contributed by atoms with Crippen molar-refractivity contribution in [3.63, 3.8) is 0 Å². The SMILES string of the molecule is O=C(Nc1ccc(O[C@H]2CCOC2)c(F)c1)c1coc2cc(-c3nnn[nH]3)c(F)cc12. The normalized spacial score (nSPS) is 16.0. The third-order valence-electron chi connectivity index (χ3n) is 4.88. The van der Waals surface area contributed by atoms with Gasteiger partial charge in [0.05, 0.1) is 24.3 Å². The lowest BCUT2D eigenvalue weighted by atomic mass is 10.1. The highest BCUT2D eigenvalue weighted by molar-refractivity contribution is 6.12. The number of H-pyrrole nitrogens is 1. The van der Waals surface area contributed by atoms with Gasteiger partial charge in [-0.3, -0.25) is 4.79 Å². The van der Waals surface area contributed by atoms with Gasteiger partial charge in [-0.1, -0.05) is 0 Å². The van der Waals surface area contributed by atoms with Gasteiger partial charge in [0, 0.05) is 23.6 Å². The minimum absolute atomic E-state index is 0.0822. The van der Waals surface area contributed by atoms with E-state index in [1.54, 1.807) is 0 Å². The maximum atomic E-state index is 14.5. The van der Waals surface area contributed by atoms with Crippen molar-refractivity contribution >= 4 is 22.6 Å². The van der Waals surface area contributed by atoms with Gasteiger partial charge in [0.2, 0.25) is 0 Å². The van der Waals surface area contributed by atoms with Crippen LogP contribution in [0.4, 0.5) is 14.5 Å². The molecule has 1 amide bonds. The van der Waals surface area contributed by atoms with Gasteiger partial charge in [0.25, 0.3) is 5.91 Å². The third-order valence-corrected chi connectivity index (χ3v) is 4.88. The number of anilines is 1. The number of hydrogen-bond donors (Lipinski definition) is 2. The van der Waals surface area contributed by atoms with Crippen molar-refractivity contribution in [3.05, 3.63) is 53.8 Å². The number of nitrogens with zero attached hydrogens (tertiary/aromatic N) is 3. The second-order valence-electron chi connectivity index (χ2n) is 6.93. The van der Waals surface area contributed by atoms with Crippen molar-refractivity contribution in [2.45, 2.75) is 12.5 Å². The number of carbonyl (C=O) groups is 1. The van der Waals surface area contributed by atoms with E-state index in [4.69, 9.17) is 13.9 Å². The standard InChI is InChI=1S/C20H15F2N5O4/c21-15-6-12-14(9-30-18(12)7-13(15)19-24-26-27-25-19)20(28)23-10-1-2-17(16(22)5-10)31-11-3-4-29-8-11/h1-2,5-7,9,11H,3-4,8H2,(H,23,28)(H,24,25,26,27)/t11-/m0/s1. The van der Waals surface area contributed by atoms with Crippen LogP contribution in [-0.2, 0) is 4.74 Å². The smallest absolute Gasteiger partial charge is 0.259 e. The number of fused-ring (bicyclic) bond motifs is 1. The summed E-state index contributed by atoms with van der Waals surface area (Å²) in [5.41, 5.74) is 0.687. The highest BCUT2D eigenvalue weighted by Gasteiger charge is 2.21. The van der Waals surface area contributed by atoms with Crippen LogP contribution in [0.5, 0.6) is 5.75 Å². The van der Waals surface area contributed by atoms with Crippen LogP contribution in [0, 0.1) is 11.6 Å². The second-order valence-corrected chi connectivity index (χ2v) is 6.93. The Balaban J connectivity index is 1.36. The number of benzene rings is 2. The number of carbonyl (C=O) groups excluding carboxylic acids is 1. The van der Waals surface area contributed by atoms with E-state index in [2.05, 4.69) is 25.9 Å². The number of aromatic nitrogens is 4. The van der Waals surface area contributed by atoms with Gasteiger partial charge < -0.3 is 19.2 Å². The molecule has 2 aromatic heterocycles. The summed E-state index contributed by atoms with van der Waals surface area (Å²) in [5.74, 6) is -1.62. The molecule has 9 nitrogen and oxygen atoms in total. The number of amides is 1. The molecule has 3 heterocycles. The minimum atomic E-state index is -0.634. The van der Waals surface area contributed by atoms with Gasteiger partial charge in [0.15, 0.2) is 17.4 Å². The van der Waals surface area contributed by atoms with E-state index in [0.717, 1.165) is 12.1 Å². The second kappa shape index (κ2) is 7.76. The topological polar surface area (TPSA) is 115 Å². The van der Waals surface area contributed by atoms with E-state index < -0.39 is 17.5 Å². The van der Waals surface area contributed by atoms with Crippen LogP contribution in [0.1, 0.15) is 16.8 Å². The molecule has 5 rings (SSSR count). The molecule has 1 atom stereocenters. The molecule has 0 spiro atoms. The Morgan fingerprint density at radius 3 is 2.87 bits per heavy atom. The van der Waals surface area contributed by atoms with E-state index in [1.807, 2.05) is 0 Å². The van der Waals surface area contributed by atoms with E-state index in [-0.39, 0.29) is 45.5 Å². The summed E-state index contributed by atoms with van der Waals surface area (Å²) in [6, 6.07) is 6.66. The molecule has 0 saturated carbocycles. The molecule has 4 aromatic rings. The number of halogens is 2. The van der Waals surface area contributed by atoms with Crippen LogP contribution in [0.2, 0.25) is 0 Å². The highest BCUT2D eigenvalue weighted by Crippen LogP contribution is 2.30. The Morgan fingerprint density at radius 2 is 2.13 bits per heavy atom. The molecule has 0 aliphatic carbocycles. The van der Waals surface area contributed by atoms with Crippen LogP contribution in [0.15, 0.2) is 41.0 Å². The average molecular weight is 427 g/mol. The lowest BCUT2D eigenvalue weighted by Crippen LogP contribution is -2.16. The maximum absolute atomic E-state index is 14.5. The number of aromatic amines is 1. The van der Waals surface area contributed by atoms with Crippen molar-refractivity contribution in [2.24, 2.45) is 0 Å². The van der Waals surface area contributed by atoms with Crippen molar-refractivity contribution in [1.29, 1.82) is 0 Å². The Kier molecular flexibility index (Phi) is 4.79. The molecule has 2 aromatic carbocycles. The van der Waals surface area contributed by atoms with Gasteiger partial charge in [-0.15, -0.1) is 5.10 Å². The van der Waals surface area contributed by atoms with Crippen LogP contribution >= 0.6 is 0 Å². The molecule has 1 aliphatic heterocycles. The lowest BCUT2D eigenvalue weighted by molar-refractivity contribution is 0.102. The fourth-order valence-electron chi connectivity index (χ4n) is 3.34. The predicted octanol–water partition coefficient (Wildman–Crippen LogP) is 3.31. The monoisotopic (exact) mass is 427 g/mol. The molecule has 11 heteroatoms. The number of ether oxygens (including phenoxy) is 2. The fourth-order valence-corrected chi connectivity index (χ4v) is 3.34. The predicted molar refractivity (Wildman–Crippen MR) is 104 cm³/mol. The molecule has 1 aliphatic rings. The molecule has 2 N–H and O–H groups in total. The van der Waals surface area contributed by atoms with Crippen molar-refractivity contribution in [3.8, 4) is 17.1 Å². The van der Waals surface area contributed by atoms with Crippen molar-refractivity contribution in [2.75, 3.05) is 18.5 Å². The maximum Gasteiger partial charge on any atom is 0.259 e. The number of rotatable bonds is 5. The molecule has 1 saturated heterocycles. The Labute approximate surface area is 173 Å². The van der Waals surface area contributed by atoms with E-state index in [9.17, 15) is 13.6 Å². The molecule has 0 unspecified atom stereocenters. The van der Waals surface area contributed by atoms with Crippen LogP contribution in [0.25, 0.3) is 22.4 Å². The molecule has 1 fully saturated rings. The molecular formula is C20H15F2N5O4. The summed E-state index contributed by atoms with van der Waals surface area (Å²) in [5, 5.41) is 15.8. The first kappa shape index (κ1) is 19.1. The largest absolute Gasteiger partial charge is 0.485 e. The molecular weight excluding hydrogens is 412 g/mol. The van der Waals surface area contributed by atoms with Crippen LogP contribution < -0.4 is 10.1 Å². The highest BCUT2D eigenvalue weighted by atomic mass is 19.1. The Morgan fingerprint density at radius 1 is 1.23 bits per heavy atom. The number of tetrazole rings is 1. The molecule has 158 valence electrons. The molecule has 0 radical (unpaired) electrons. The zero-order chi connectivity index (χ0) is 21.4. The van der Waals surface area contributed by atoms with E-state index >= 15 is 0 Å². The Bertz CT molecular complexity index is 1250. The first-order chi connectivity index (χ1) is 15.1. The Hall–Kier alpha value is -3.86. The van der Waals surface area contributed by atoms with E-state index in [0.29, 0.717) is 19.6 Å². The van der Waals surface area contributed by atoms with Gasteiger partial charge in [-0.25, -0.2) is 13.9 Å². The van der Waals surface area contributed by atoms with Crippen molar-refractivity contribution in [1.82, 2.24) is 20.6 Å². The lowest BCUT2D eigenvalue weighted by Gasteiger charge is -2.13. The van der Waals surface area contributed by atoms with Gasteiger partial charge in [-0.2, -0.15) is 0 Å². The fraction of sp³-hybridized carbons (Fsp3) is 0.200.